The van der Waals surface area contributed by atoms with E-state index in [1.807, 2.05) is 0 Å². The summed E-state index contributed by atoms with van der Waals surface area (Å²) in [6, 6.07) is 5.82. The number of carbonyl (C=O) groups is 6. The van der Waals surface area contributed by atoms with Crippen molar-refractivity contribution in [3.05, 3.63) is 29.8 Å². The third-order valence-corrected chi connectivity index (χ3v) is 6.46. The fourth-order valence-electron chi connectivity index (χ4n) is 4.84. The predicted molar refractivity (Wildman–Crippen MR) is 184 cm³/mol. The number of rotatable bonds is 21. The zero-order valence-electron chi connectivity index (χ0n) is 31.2. The van der Waals surface area contributed by atoms with Crippen LogP contribution in [0, 0.1) is 0 Å². The van der Waals surface area contributed by atoms with E-state index in [1.165, 1.54) is 9.80 Å². The van der Waals surface area contributed by atoms with Gasteiger partial charge in [0.25, 0.3) is 0 Å². The molecule has 16 heteroatoms. The molecule has 0 spiro atoms. The minimum atomic E-state index is -1.21. The molecule has 0 aromatic heterocycles. The highest BCUT2D eigenvalue weighted by Gasteiger charge is 2.30. The molecule has 288 valence electrons. The molecule has 0 heterocycles. The van der Waals surface area contributed by atoms with Gasteiger partial charge in [0.15, 0.2) is 6.61 Å². The Labute approximate surface area is 299 Å². The van der Waals surface area contributed by atoms with Gasteiger partial charge in [-0.3, -0.25) is 38.7 Å². The Morgan fingerprint density at radius 1 is 0.588 bits per heavy atom. The van der Waals surface area contributed by atoms with Crippen molar-refractivity contribution >= 4 is 35.8 Å². The lowest BCUT2D eigenvalue weighted by Crippen LogP contribution is -2.52. The van der Waals surface area contributed by atoms with Gasteiger partial charge in [0.1, 0.15) is 22.6 Å². The summed E-state index contributed by atoms with van der Waals surface area (Å²) < 4.78 is 21.7. The van der Waals surface area contributed by atoms with Gasteiger partial charge in [-0.25, -0.2) is 4.79 Å². The van der Waals surface area contributed by atoms with Crippen molar-refractivity contribution in [1.82, 2.24) is 14.7 Å². The number of carboxylic acids is 3. The van der Waals surface area contributed by atoms with Gasteiger partial charge in [0.05, 0.1) is 32.7 Å². The Hall–Kier alpha value is -4.28. The van der Waals surface area contributed by atoms with E-state index in [1.54, 1.807) is 91.5 Å². The SMILES string of the molecule is CC(C)(C)OC(=O)CN(CCN(CC(=O)OC(C)(C)C)C(Cc1ccc(OCC(=O)O)cc1)CN(CC(=O)O)CC(=O)OC(C)(C)C)CC(=O)O. The lowest BCUT2D eigenvalue weighted by atomic mass is 10.0. The molecule has 1 aromatic carbocycles. The van der Waals surface area contributed by atoms with Gasteiger partial charge in [-0.05, 0) is 86.4 Å². The molecule has 1 rings (SSSR count). The molecule has 0 radical (unpaired) electrons. The van der Waals surface area contributed by atoms with Crippen LogP contribution in [0.15, 0.2) is 24.3 Å². The first-order valence-corrected chi connectivity index (χ1v) is 16.5. The van der Waals surface area contributed by atoms with Gasteiger partial charge in [-0.1, -0.05) is 12.1 Å². The van der Waals surface area contributed by atoms with Crippen LogP contribution in [-0.4, -0.2) is 148 Å². The number of hydrogen-bond donors (Lipinski definition) is 3. The lowest BCUT2D eigenvalue weighted by molar-refractivity contribution is -0.159. The summed E-state index contributed by atoms with van der Waals surface area (Å²) in [6.45, 7) is 12.5. The first-order chi connectivity index (χ1) is 23.3. The molecule has 0 saturated carbocycles. The van der Waals surface area contributed by atoms with Crippen molar-refractivity contribution in [2.45, 2.75) is 91.6 Å². The number of hydrogen-bond acceptors (Lipinski definition) is 13. The monoisotopic (exact) mass is 725 g/mol. The quantitative estimate of drug-likeness (QED) is 0.122. The van der Waals surface area contributed by atoms with Gasteiger partial charge in [0, 0.05) is 25.7 Å². The van der Waals surface area contributed by atoms with E-state index in [0.717, 1.165) is 0 Å². The average molecular weight is 726 g/mol. The van der Waals surface area contributed by atoms with Crippen LogP contribution in [0.5, 0.6) is 5.75 Å². The minimum Gasteiger partial charge on any atom is -0.482 e. The molecule has 0 amide bonds. The van der Waals surface area contributed by atoms with Crippen LogP contribution in [0.1, 0.15) is 67.9 Å². The highest BCUT2D eigenvalue weighted by Crippen LogP contribution is 2.18. The van der Waals surface area contributed by atoms with Crippen LogP contribution in [0.3, 0.4) is 0 Å². The fraction of sp³-hybridized carbons (Fsp3) is 0.657. The number of esters is 3. The second-order valence-electron chi connectivity index (χ2n) is 15.1. The highest BCUT2D eigenvalue weighted by molar-refractivity contribution is 5.75. The molecule has 16 nitrogen and oxygen atoms in total. The maximum Gasteiger partial charge on any atom is 0.341 e. The van der Waals surface area contributed by atoms with E-state index >= 15 is 0 Å². The molecule has 3 N–H and O–H groups in total. The number of aliphatic carboxylic acids is 3. The van der Waals surface area contributed by atoms with E-state index in [-0.39, 0.29) is 45.7 Å². The Kier molecular flexibility index (Phi) is 17.5. The Morgan fingerprint density at radius 2 is 1.02 bits per heavy atom. The smallest absolute Gasteiger partial charge is 0.341 e. The predicted octanol–water partition coefficient (Wildman–Crippen LogP) is 2.16. The summed E-state index contributed by atoms with van der Waals surface area (Å²) in [5.74, 6) is -5.17. The summed E-state index contributed by atoms with van der Waals surface area (Å²) in [6.07, 6.45) is 0.192. The van der Waals surface area contributed by atoms with Gasteiger partial charge in [-0.2, -0.15) is 0 Å². The summed E-state index contributed by atoms with van der Waals surface area (Å²) >= 11 is 0. The molecular weight excluding hydrogens is 670 g/mol. The van der Waals surface area contributed by atoms with E-state index < -0.39 is 78.4 Å². The second-order valence-corrected chi connectivity index (χ2v) is 15.1. The fourth-order valence-corrected chi connectivity index (χ4v) is 4.84. The third kappa shape index (κ3) is 22.2. The summed E-state index contributed by atoms with van der Waals surface area (Å²) in [7, 11) is 0. The van der Waals surface area contributed by atoms with Crippen LogP contribution in [0.2, 0.25) is 0 Å². The number of benzene rings is 1. The number of nitrogens with zero attached hydrogens (tertiary/aromatic N) is 3. The van der Waals surface area contributed by atoms with Crippen LogP contribution < -0.4 is 4.74 Å². The zero-order valence-corrected chi connectivity index (χ0v) is 31.2. The van der Waals surface area contributed by atoms with Gasteiger partial charge in [0.2, 0.25) is 0 Å². The maximum atomic E-state index is 13.3. The minimum absolute atomic E-state index is 0.0161. The van der Waals surface area contributed by atoms with E-state index in [4.69, 9.17) is 24.1 Å². The average Bonchev–Trinajstić information content (AvgIpc) is 2.90. The van der Waals surface area contributed by atoms with Crippen molar-refractivity contribution in [2.24, 2.45) is 0 Å². The van der Waals surface area contributed by atoms with Gasteiger partial charge < -0.3 is 34.3 Å². The Bertz CT molecular complexity index is 1330. The summed E-state index contributed by atoms with van der Waals surface area (Å²) in [5.41, 5.74) is -1.79. The van der Waals surface area contributed by atoms with Crippen molar-refractivity contribution in [3.8, 4) is 5.75 Å². The van der Waals surface area contributed by atoms with E-state index in [2.05, 4.69) is 0 Å². The Morgan fingerprint density at radius 3 is 1.45 bits per heavy atom. The number of carboxylic acid groups (broad SMARTS) is 3. The van der Waals surface area contributed by atoms with Crippen LogP contribution in [0.4, 0.5) is 0 Å². The molecule has 0 aliphatic carbocycles. The molecule has 0 aliphatic rings. The van der Waals surface area contributed by atoms with E-state index in [0.29, 0.717) is 11.3 Å². The standard InChI is InChI=1S/C35H55N3O13/c1-33(2,3)49-30(45)20-36(18-27(39)40)14-15-38(22-32(47)51-35(7,8)9)25(16-24-10-12-26(13-11-24)48-23-29(43)44)17-37(19-28(41)42)21-31(46)50-34(4,5)6/h10-13,25H,14-23H2,1-9H3,(H,39,40)(H,41,42)(H,43,44). The molecular formula is C35H55N3O13. The second kappa shape index (κ2) is 19.9. The summed E-state index contributed by atoms with van der Waals surface area (Å²) in [5, 5.41) is 28.3. The summed E-state index contributed by atoms with van der Waals surface area (Å²) in [4.78, 5) is 77.9. The van der Waals surface area contributed by atoms with Crippen molar-refractivity contribution in [3.63, 3.8) is 0 Å². The zero-order chi connectivity index (χ0) is 39.2. The van der Waals surface area contributed by atoms with Crippen molar-refractivity contribution < 1.29 is 63.0 Å². The maximum absolute atomic E-state index is 13.3. The van der Waals surface area contributed by atoms with Crippen LogP contribution >= 0.6 is 0 Å². The lowest BCUT2D eigenvalue weighted by Gasteiger charge is -2.36. The molecule has 0 fully saturated rings. The van der Waals surface area contributed by atoms with Crippen molar-refractivity contribution in [2.75, 3.05) is 59.0 Å². The molecule has 1 aromatic rings. The van der Waals surface area contributed by atoms with Gasteiger partial charge >= 0.3 is 35.8 Å². The molecule has 51 heavy (non-hydrogen) atoms. The molecule has 1 unspecified atom stereocenters. The van der Waals surface area contributed by atoms with Crippen LogP contribution in [0.25, 0.3) is 0 Å². The van der Waals surface area contributed by atoms with E-state index in [9.17, 15) is 39.0 Å². The Balaban J connectivity index is 3.60. The largest absolute Gasteiger partial charge is 0.482 e. The third-order valence-electron chi connectivity index (χ3n) is 6.46. The topological polar surface area (TPSA) is 210 Å². The van der Waals surface area contributed by atoms with Gasteiger partial charge in [-0.15, -0.1) is 0 Å². The number of ether oxygens (including phenoxy) is 4. The highest BCUT2D eigenvalue weighted by atomic mass is 16.6. The van der Waals surface area contributed by atoms with Crippen LogP contribution in [-0.2, 0) is 49.4 Å². The first-order valence-electron chi connectivity index (χ1n) is 16.5. The normalized spacial score (nSPS) is 12.8. The van der Waals surface area contributed by atoms with Crippen molar-refractivity contribution in [1.29, 1.82) is 0 Å². The number of carbonyl (C=O) groups excluding carboxylic acids is 3. The first kappa shape index (κ1) is 44.7. The molecule has 0 aliphatic heterocycles. The molecule has 0 saturated heterocycles. The molecule has 1 atom stereocenters. The molecule has 0 bridgehead atoms.